The van der Waals surface area contributed by atoms with Crippen LogP contribution in [0.15, 0.2) is 51.9 Å². The molecule has 2 N–H and O–H groups in total. The Morgan fingerprint density at radius 1 is 1.20 bits per heavy atom. The van der Waals surface area contributed by atoms with Gasteiger partial charge in [0, 0.05) is 18.7 Å². The molecule has 7 heteroatoms. The minimum absolute atomic E-state index is 0.146. The fourth-order valence-electron chi connectivity index (χ4n) is 2.15. The first-order valence-corrected chi connectivity index (χ1v) is 8.21. The second kappa shape index (κ2) is 7.14. The predicted octanol–water partition coefficient (Wildman–Crippen LogP) is 1.48. The highest BCUT2D eigenvalue weighted by atomic mass is 32.1. The second-order valence-corrected chi connectivity index (χ2v) is 6.30. The number of carbonyl (C=O) groups excluding carboxylic acids is 2. The third-order valence-corrected chi connectivity index (χ3v) is 4.20. The molecule has 2 heterocycles. The van der Waals surface area contributed by atoms with E-state index in [4.69, 9.17) is 4.42 Å². The minimum Gasteiger partial charge on any atom is -0.461 e. The van der Waals surface area contributed by atoms with Gasteiger partial charge in [-0.1, -0.05) is 12.1 Å². The number of furan rings is 1. The third-order valence-electron chi connectivity index (χ3n) is 3.24. The maximum Gasteiger partial charge on any atom is 0.266 e. The van der Waals surface area contributed by atoms with Crippen molar-refractivity contribution in [2.75, 3.05) is 5.32 Å². The molecule has 0 bridgehead atoms. The number of hydrogen-bond acceptors (Lipinski definition) is 5. The molecule has 0 aliphatic carbocycles. The van der Waals surface area contributed by atoms with Gasteiger partial charge in [-0.2, -0.15) is 0 Å². The van der Waals surface area contributed by atoms with E-state index in [2.05, 4.69) is 10.3 Å². The first kappa shape index (κ1) is 16.7. The maximum absolute atomic E-state index is 12.0. The summed E-state index contributed by atoms with van der Waals surface area (Å²) in [7, 11) is 0. The molecule has 1 aromatic carbocycles. The summed E-state index contributed by atoms with van der Waals surface area (Å²) in [6.07, 6.45) is 4.47. The van der Waals surface area contributed by atoms with Crippen LogP contribution in [0.2, 0.25) is 0 Å². The lowest BCUT2D eigenvalue weighted by Gasteiger charge is -2.01. The van der Waals surface area contributed by atoms with E-state index >= 15 is 0 Å². The monoisotopic (exact) mass is 354 g/mol. The summed E-state index contributed by atoms with van der Waals surface area (Å²) in [5.74, 6) is -0.241. The number of thiazole rings is 1. The summed E-state index contributed by atoms with van der Waals surface area (Å²) in [4.78, 5) is 37.7. The molecule has 2 aromatic heterocycles. The molecule has 0 atom stereocenters. The Morgan fingerprint density at radius 2 is 1.96 bits per heavy atom. The molecule has 0 aliphatic heterocycles. The summed E-state index contributed by atoms with van der Waals surface area (Å²) in [6, 6.07) is 10.3. The van der Waals surface area contributed by atoms with Gasteiger partial charge < -0.3 is 14.7 Å². The number of H-pyrrole nitrogens is 1. The number of nitrogens with one attached hydrogen (secondary N) is 2. The summed E-state index contributed by atoms with van der Waals surface area (Å²) in [6.45, 7) is 1.44. The van der Waals surface area contributed by atoms with Gasteiger partial charge in [0.2, 0.25) is 11.7 Å². The fourth-order valence-corrected chi connectivity index (χ4v) is 3.04. The number of carbonyl (C=O) groups is 2. The van der Waals surface area contributed by atoms with Crippen LogP contribution in [0.5, 0.6) is 0 Å². The lowest BCUT2D eigenvalue weighted by molar-refractivity contribution is -0.114. The van der Waals surface area contributed by atoms with E-state index in [0.29, 0.717) is 14.9 Å². The Bertz CT molecular complexity index is 1070. The quantitative estimate of drug-likeness (QED) is 0.694. The number of benzene rings is 1. The summed E-state index contributed by atoms with van der Waals surface area (Å²) < 4.78 is 5.96. The zero-order chi connectivity index (χ0) is 17.8. The predicted molar refractivity (Wildman–Crippen MR) is 96.0 cm³/mol. The van der Waals surface area contributed by atoms with Crippen molar-refractivity contribution in [1.29, 1.82) is 0 Å². The molecule has 0 saturated carbocycles. The van der Waals surface area contributed by atoms with E-state index in [1.54, 1.807) is 42.5 Å². The van der Waals surface area contributed by atoms with Crippen molar-refractivity contribution >= 4 is 40.9 Å². The average Bonchev–Trinajstić information content (AvgIpc) is 3.19. The topological polar surface area (TPSA) is 92.2 Å². The van der Waals surface area contributed by atoms with Gasteiger partial charge in [0.15, 0.2) is 5.76 Å². The van der Waals surface area contributed by atoms with E-state index in [-0.39, 0.29) is 23.0 Å². The normalized spacial score (nSPS) is 12.4. The van der Waals surface area contributed by atoms with Crippen LogP contribution in [0.25, 0.3) is 12.2 Å². The number of aromatic nitrogens is 1. The van der Waals surface area contributed by atoms with Crippen molar-refractivity contribution in [2.24, 2.45) is 0 Å². The SMILES string of the molecule is CC(=O)Nc1ccc(C=c2sc(=CC(=O)c3ccco3)[nH]c2=O)cc1. The summed E-state index contributed by atoms with van der Waals surface area (Å²) >= 11 is 1.18. The zero-order valence-corrected chi connectivity index (χ0v) is 14.1. The molecule has 3 aromatic rings. The van der Waals surface area contributed by atoms with Crippen molar-refractivity contribution in [3.05, 3.63) is 73.5 Å². The van der Waals surface area contributed by atoms with Crippen LogP contribution >= 0.6 is 11.3 Å². The van der Waals surface area contributed by atoms with Crippen molar-refractivity contribution in [1.82, 2.24) is 4.98 Å². The van der Waals surface area contributed by atoms with Gasteiger partial charge in [-0.15, -0.1) is 11.3 Å². The van der Waals surface area contributed by atoms with Crippen LogP contribution in [0.1, 0.15) is 23.0 Å². The molecule has 0 saturated heterocycles. The molecule has 0 radical (unpaired) electrons. The lowest BCUT2D eigenvalue weighted by Crippen LogP contribution is -2.20. The zero-order valence-electron chi connectivity index (χ0n) is 13.2. The summed E-state index contributed by atoms with van der Waals surface area (Å²) in [5.41, 5.74) is 1.22. The molecule has 0 aliphatic rings. The van der Waals surface area contributed by atoms with Crippen LogP contribution < -0.4 is 20.1 Å². The number of hydrogen-bond donors (Lipinski definition) is 2. The Morgan fingerprint density at radius 3 is 2.60 bits per heavy atom. The Balaban J connectivity index is 1.89. The van der Waals surface area contributed by atoms with Crippen molar-refractivity contribution in [2.45, 2.75) is 6.92 Å². The van der Waals surface area contributed by atoms with Crippen LogP contribution in [-0.2, 0) is 4.79 Å². The lowest BCUT2D eigenvalue weighted by atomic mass is 10.2. The second-order valence-electron chi connectivity index (χ2n) is 5.22. The summed E-state index contributed by atoms with van der Waals surface area (Å²) in [5, 5.41) is 2.68. The van der Waals surface area contributed by atoms with E-state index in [0.717, 1.165) is 5.56 Å². The molecule has 0 spiro atoms. The molecular formula is C18H14N2O4S. The highest BCUT2D eigenvalue weighted by Crippen LogP contribution is 2.09. The Labute approximate surface area is 146 Å². The van der Waals surface area contributed by atoms with Crippen molar-refractivity contribution in [3.63, 3.8) is 0 Å². The number of amides is 1. The maximum atomic E-state index is 12.0. The van der Waals surface area contributed by atoms with E-state index in [1.807, 2.05) is 0 Å². The molecule has 0 fully saturated rings. The van der Waals surface area contributed by atoms with Crippen LogP contribution in [0.3, 0.4) is 0 Å². The number of ketones is 1. The Kier molecular flexibility index (Phi) is 4.76. The van der Waals surface area contributed by atoms with E-state index in [1.165, 1.54) is 30.6 Å². The Hall–Kier alpha value is -3.19. The minimum atomic E-state index is -0.311. The van der Waals surface area contributed by atoms with Crippen LogP contribution in [0.4, 0.5) is 5.69 Å². The number of rotatable bonds is 4. The highest BCUT2D eigenvalue weighted by molar-refractivity contribution is 7.07. The van der Waals surface area contributed by atoms with E-state index < -0.39 is 0 Å². The van der Waals surface area contributed by atoms with Gasteiger partial charge >= 0.3 is 0 Å². The van der Waals surface area contributed by atoms with Gasteiger partial charge in [0.1, 0.15) is 0 Å². The average molecular weight is 354 g/mol. The molecular weight excluding hydrogens is 340 g/mol. The molecule has 0 unspecified atom stereocenters. The van der Waals surface area contributed by atoms with Gasteiger partial charge in [-0.25, -0.2) is 0 Å². The molecule has 126 valence electrons. The first-order valence-electron chi connectivity index (χ1n) is 7.39. The first-order chi connectivity index (χ1) is 12.0. The van der Waals surface area contributed by atoms with Crippen LogP contribution in [0, 0.1) is 0 Å². The van der Waals surface area contributed by atoms with Crippen LogP contribution in [-0.4, -0.2) is 16.7 Å². The van der Waals surface area contributed by atoms with Gasteiger partial charge in [0.25, 0.3) is 5.56 Å². The molecule has 25 heavy (non-hydrogen) atoms. The number of anilines is 1. The fraction of sp³-hybridized carbons (Fsp3) is 0.0556. The smallest absolute Gasteiger partial charge is 0.266 e. The third kappa shape index (κ3) is 4.21. The largest absolute Gasteiger partial charge is 0.461 e. The van der Waals surface area contributed by atoms with E-state index in [9.17, 15) is 14.4 Å². The molecule has 3 rings (SSSR count). The molecule has 6 nitrogen and oxygen atoms in total. The highest BCUT2D eigenvalue weighted by Gasteiger charge is 2.05. The van der Waals surface area contributed by atoms with Crippen molar-refractivity contribution < 1.29 is 14.0 Å². The van der Waals surface area contributed by atoms with Crippen molar-refractivity contribution in [3.8, 4) is 0 Å². The number of Topliss-reactive ketones (excluding diaryl/α,β-unsaturated/α-hetero) is 1. The molecule has 1 amide bonds. The standard InChI is InChI=1S/C18H14N2O4S/c1-11(21)19-13-6-4-12(5-7-13)9-16-18(23)20-17(25-16)10-14(22)15-3-2-8-24-15/h2-10H,1H3,(H,19,21)(H,20,23). The van der Waals surface area contributed by atoms with Gasteiger partial charge in [-0.05, 0) is 35.9 Å². The van der Waals surface area contributed by atoms with Gasteiger partial charge in [0.05, 0.1) is 15.5 Å². The number of aromatic amines is 1. The van der Waals surface area contributed by atoms with Gasteiger partial charge in [-0.3, -0.25) is 14.4 Å².